The summed E-state index contributed by atoms with van der Waals surface area (Å²) in [6.07, 6.45) is 1.60. The maximum Gasteiger partial charge on any atom is 0.267 e. The predicted molar refractivity (Wildman–Crippen MR) is 122 cm³/mol. The van der Waals surface area contributed by atoms with E-state index in [-0.39, 0.29) is 17.5 Å². The van der Waals surface area contributed by atoms with Crippen LogP contribution < -0.4 is 20.1 Å². The number of likely N-dealkylation sites (N-methyl/N-ethyl adjacent to an activating group) is 1. The molecule has 0 heterocycles. The highest BCUT2D eigenvalue weighted by molar-refractivity contribution is 6.05. The summed E-state index contributed by atoms with van der Waals surface area (Å²) in [6.45, 7) is 7.16. The van der Waals surface area contributed by atoms with Crippen molar-refractivity contribution < 1.29 is 19.1 Å². The molecule has 2 aromatic rings. The molecule has 0 fully saturated rings. The highest BCUT2D eigenvalue weighted by atomic mass is 16.5. The topological polar surface area (TPSA) is 79.9 Å². The van der Waals surface area contributed by atoms with Gasteiger partial charge in [0.1, 0.15) is 17.2 Å². The molecule has 0 atom stereocenters. The lowest BCUT2D eigenvalue weighted by Crippen LogP contribution is -2.39. The molecular formula is C24H31N3O4. The van der Waals surface area contributed by atoms with Gasteiger partial charge in [0.05, 0.1) is 14.2 Å². The van der Waals surface area contributed by atoms with Crippen LogP contribution in [0.1, 0.15) is 29.8 Å². The molecule has 7 heteroatoms. The third kappa shape index (κ3) is 7.15. The van der Waals surface area contributed by atoms with Crippen LogP contribution in [-0.4, -0.2) is 57.1 Å². The molecule has 0 aliphatic rings. The minimum absolute atomic E-state index is 0.136. The lowest BCUT2D eigenvalue weighted by atomic mass is 10.1. The summed E-state index contributed by atoms with van der Waals surface area (Å²) in [6, 6.07) is 14.0. The summed E-state index contributed by atoms with van der Waals surface area (Å²) in [5.74, 6) is 0.432. The van der Waals surface area contributed by atoms with Crippen LogP contribution in [0.2, 0.25) is 0 Å². The smallest absolute Gasteiger partial charge is 0.267 e. The maximum absolute atomic E-state index is 12.9. The van der Waals surface area contributed by atoms with Crippen LogP contribution in [0.25, 0.3) is 6.08 Å². The number of methoxy groups -OCH3 is 2. The molecular weight excluding hydrogens is 394 g/mol. The molecule has 0 radical (unpaired) electrons. The van der Waals surface area contributed by atoms with Crippen molar-refractivity contribution in [3.8, 4) is 11.5 Å². The number of carbonyl (C=O) groups excluding carboxylic acids is 2. The van der Waals surface area contributed by atoms with Crippen LogP contribution in [0.4, 0.5) is 0 Å². The molecule has 2 N–H and O–H groups in total. The molecule has 0 saturated carbocycles. The highest BCUT2D eigenvalue weighted by Gasteiger charge is 2.16. The van der Waals surface area contributed by atoms with Crippen LogP contribution in [-0.2, 0) is 4.79 Å². The van der Waals surface area contributed by atoms with Crippen molar-refractivity contribution >= 4 is 17.9 Å². The first-order valence-electron chi connectivity index (χ1n) is 10.3. The van der Waals surface area contributed by atoms with E-state index in [2.05, 4.69) is 29.4 Å². The predicted octanol–water partition coefficient (Wildman–Crippen LogP) is 2.93. The van der Waals surface area contributed by atoms with E-state index < -0.39 is 0 Å². The van der Waals surface area contributed by atoms with Gasteiger partial charge in [0, 0.05) is 30.3 Å². The zero-order valence-corrected chi connectivity index (χ0v) is 18.6. The molecule has 0 aliphatic carbocycles. The molecule has 0 bridgehead atoms. The Bertz CT molecular complexity index is 893. The number of rotatable bonds is 11. The van der Waals surface area contributed by atoms with E-state index in [1.165, 1.54) is 0 Å². The fourth-order valence-electron chi connectivity index (χ4n) is 3.00. The molecule has 166 valence electrons. The zero-order valence-electron chi connectivity index (χ0n) is 18.6. The lowest BCUT2D eigenvalue weighted by Gasteiger charge is -2.18. The fourth-order valence-corrected chi connectivity index (χ4v) is 3.00. The Balaban J connectivity index is 2.28. The molecule has 2 rings (SSSR count). The van der Waals surface area contributed by atoms with Gasteiger partial charge in [-0.05, 0) is 43.4 Å². The average Bonchev–Trinajstić information content (AvgIpc) is 2.81. The number of hydrogen-bond acceptors (Lipinski definition) is 5. The Labute approximate surface area is 184 Å². The minimum atomic E-state index is -0.366. The van der Waals surface area contributed by atoms with E-state index in [0.717, 1.165) is 19.6 Å². The summed E-state index contributed by atoms with van der Waals surface area (Å²) in [5.41, 5.74) is 1.24. The fraction of sp³-hybridized carbons (Fsp3) is 0.333. The van der Waals surface area contributed by atoms with Gasteiger partial charge >= 0.3 is 0 Å². The molecule has 31 heavy (non-hydrogen) atoms. The Hall–Kier alpha value is -3.32. The molecule has 0 aromatic heterocycles. The number of amides is 2. The Kier molecular flexibility index (Phi) is 9.58. The van der Waals surface area contributed by atoms with Crippen molar-refractivity contribution in [2.75, 3.05) is 40.4 Å². The first-order chi connectivity index (χ1) is 15.0. The summed E-state index contributed by atoms with van der Waals surface area (Å²) < 4.78 is 10.7. The van der Waals surface area contributed by atoms with Crippen LogP contribution >= 0.6 is 0 Å². The maximum atomic E-state index is 12.9. The molecule has 2 aromatic carbocycles. The van der Waals surface area contributed by atoms with E-state index in [0.29, 0.717) is 29.2 Å². The number of nitrogens with one attached hydrogen (secondary N) is 2. The molecule has 0 aliphatic heterocycles. The first-order valence-corrected chi connectivity index (χ1v) is 10.3. The van der Waals surface area contributed by atoms with Gasteiger partial charge in [0.15, 0.2) is 0 Å². The van der Waals surface area contributed by atoms with Gasteiger partial charge in [-0.25, -0.2) is 0 Å². The number of ether oxygens (including phenoxy) is 2. The van der Waals surface area contributed by atoms with Crippen LogP contribution in [0.5, 0.6) is 11.5 Å². The van der Waals surface area contributed by atoms with Crippen LogP contribution in [0.15, 0.2) is 54.2 Å². The van der Waals surface area contributed by atoms with Gasteiger partial charge in [-0.3, -0.25) is 9.59 Å². The average molecular weight is 426 g/mol. The van der Waals surface area contributed by atoms with Gasteiger partial charge in [0.25, 0.3) is 11.8 Å². The van der Waals surface area contributed by atoms with Crippen molar-refractivity contribution in [1.82, 2.24) is 15.5 Å². The molecule has 0 spiro atoms. The second-order valence-corrected chi connectivity index (χ2v) is 6.77. The third-order valence-corrected chi connectivity index (χ3v) is 4.88. The van der Waals surface area contributed by atoms with Crippen molar-refractivity contribution in [1.29, 1.82) is 0 Å². The van der Waals surface area contributed by atoms with Crippen molar-refractivity contribution in [2.45, 2.75) is 13.8 Å². The summed E-state index contributed by atoms with van der Waals surface area (Å²) in [5, 5.41) is 5.63. The van der Waals surface area contributed by atoms with Crippen molar-refractivity contribution in [3.05, 3.63) is 65.4 Å². The number of nitrogens with zero attached hydrogens (tertiary/aromatic N) is 1. The van der Waals surface area contributed by atoms with Crippen molar-refractivity contribution in [3.63, 3.8) is 0 Å². The van der Waals surface area contributed by atoms with Gasteiger partial charge in [-0.1, -0.05) is 32.0 Å². The largest absolute Gasteiger partial charge is 0.497 e. The van der Waals surface area contributed by atoms with Gasteiger partial charge in [-0.15, -0.1) is 0 Å². The van der Waals surface area contributed by atoms with E-state index in [1.807, 2.05) is 6.07 Å². The second-order valence-electron chi connectivity index (χ2n) is 6.77. The molecule has 2 amide bonds. The number of hydrogen-bond donors (Lipinski definition) is 2. The zero-order chi connectivity index (χ0) is 22.6. The third-order valence-electron chi connectivity index (χ3n) is 4.88. The number of carbonyl (C=O) groups is 2. The van der Waals surface area contributed by atoms with E-state index in [4.69, 9.17) is 9.47 Å². The molecule has 0 saturated heterocycles. The monoisotopic (exact) mass is 425 g/mol. The van der Waals surface area contributed by atoms with Gasteiger partial charge in [0.2, 0.25) is 0 Å². The summed E-state index contributed by atoms with van der Waals surface area (Å²) in [4.78, 5) is 27.8. The van der Waals surface area contributed by atoms with Crippen LogP contribution in [0.3, 0.4) is 0 Å². The van der Waals surface area contributed by atoms with Crippen LogP contribution in [0, 0.1) is 0 Å². The van der Waals surface area contributed by atoms with Gasteiger partial charge in [-0.2, -0.15) is 0 Å². The SMILES string of the molecule is CCN(CC)CCNC(=O)/C(=C\c1ccc(OC)cc1OC)NC(=O)c1ccccc1. The Morgan fingerprint density at radius 1 is 1.00 bits per heavy atom. The van der Waals surface area contributed by atoms with E-state index >= 15 is 0 Å². The van der Waals surface area contributed by atoms with E-state index in [1.54, 1.807) is 62.8 Å². The van der Waals surface area contributed by atoms with Crippen molar-refractivity contribution in [2.24, 2.45) is 0 Å². The minimum Gasteiger partial charge on any atom is -0.497 e. The normalized spacial score (nSPS) is 11.2. The standard InChI is InChI=1S/C24H31N3O4/c1-5-27(6-2)15-14-25-24(29)21(26-23(28)18-10-8-7-9-11-18)16-19-12-13-20(30-3)17-22(19)31-4/h7-13,16-17H,5-6,14-15H2,1-4H3,(H,25,29)(H,26,28)/b21-16+. The summed E-state index contributed by atoms with van der Waals surface area (Å²) in [7, 11) is 3.11. The lowest BCUT2D eigenvalue weighted by molar-refractivity contribution is -0.117. The second kappa shape index (κ2) is 12.4. The van der Waals surface area contributed by atoms with Gasteiger partial charge < -0.3 is 25.0 Å². The Morgan fingerprint density at radius 3 is 2.32 bits per heavy atom. The highest BCUT2D eigenvalue weighted by Crippen LogP contribution is 2.26. The van der Waals surface area contributed by atoms with E-state index in [9.17, 15) is 9.59 Å². The first kappa shape index (κ1) is 24.0. The molecule has 0 unspecified atom stereocenters. The molecule has 7 nitrogen and oxygen atoms in total. The summed E-state index contributed by atoms with van der Waals surface area (Å²) >= 11 is 0. The Morgan fingerprint density at radius 2 is 1.71 bits per heavy atom. The quantitative estimate of drug-likeness (QED) is 0.541. The number of benzene rings is 2.